The van der Waals surface area contributed by atoms with Gasteiger partial charge in [-0.2, -0.15) is 0 Å². The first-order valence-electron chi connectivity index (χ1n) is 6.05. The van der Waals surface area contributed by atoms with Crippen molar-refractivity contribution in [3.05, 3.63) is 63.4 Å². The number of rotatable bonds is 3. The third-order valence-electron chi connectivity index (χ3n) is 2.57. The Hall–Kier alpha value is -1.73. The minimum atomic E-state index is -0.455. The molecular weight excluding hydrogens is 314 g/mol. The van der Waals surface area contributed by atoms with Gasteiger partial charge in [-0.3, -0.25) is 0 Å². The van der Waals surface area contributed by atoms with Gasteiger partial charge < -0.3 is 9.84 Å². The Morgan fingerprint density at radius 1 is 1.10 bits per heavy atom. The molecule has 0 aliphatic rings. The summed E-state index contributed by atoms with van der Waals surface area (Å²) in [5.74, 6) is 4.98. The maximum Gasteiger partial charge on any atom is 0.128 e. The van der Waals surface area contributed by atoms with Crippen molar-refractivity contribution in [3.63, 3.8) is 0 Å². The van der Waals surface area contributed by atoms with Gasteiger partial charge in [0.15, 0.2) is 0 Å². The maximum absolute atomic E-state index is 13.4. The van der Waals surface area contributed by atoms with Gasteiger partial charge >= 0.3 is 0 Å². The Morgan fingerprint density at radius 3 is 2.62 bits per heavy atom. The van der Waals surface area contributed by atoms with Crippen LogP contribution in [0, 0.1) is 17.7 Å². The Morgan fingerprint density at radius 2 is 1.90 bits per heavy atom. The Labute approximate surface area is 132 Å². The van der Waals surface area contributed by atoms with Crippen molar-refractivity contribution in [3.8, 4) is 17.6 Å². The second-order valence-electron chi connectivity index (χ2n) is 4.17. The fourth-order valence-corrected chi connectivity index (χ4v) is 1.98. The van der Waals surface area contributed by atoms with E-state index < -0.39 is 5.82 Å². The molecule has 2 aromatic carbocycles. The average molecular weight is 325 g/mol. The van der Waals surface area contributed by atoms with Gasteiger partial charge in [-0.05, 0) is 29.8 Å². The van der Waals surface area contributed by atoms with E-state index in [1.54, 1.807) is 24.3 Å². The molecule has 0 amide bonds. The van der Waals surface area contributed by atoms with Crippen LogP contribution in [0.3, 0.4) is 0 Å². The van der Waals surface area contributed by atoms with Gasteiger partial charge in [-0.1, -0.05) is 41.1 Å². The number of hydrogen-bond acceptors (Lipinski definition) is 2. The van der Waals surface area contributed by atoms with Gasteiger partial charge in [0.05, 0.1) is 10.0 Å². The van der Waals surface area contributed by atoms with Crippen LogP contribution in [0.5, 0.6) is 5.75 Å². The van der Waals surface area contributed by atoms with Gasteiger partial charge in [-0.15, -0.1) is 0 Å². The molecule has 1 N–H and O–H groups in total. The van der Waals surface area contributed by atoms with E-state index in [0.29, 0.717) is 21.4 Å². The fraction of sp³-hybridized carbons (Fsp3) is 0.125. The number of ether oxygens (including phenoxy) is 1. The molecule has 0 saturated carbocycles. The molecule has 0 saturated heterocycles. The summed E-state index contributed by atoms with van der Waals surface area (Å²) in [6.07, 6.45) is 0. The first-order chi connectivity index (χ1) is 10.1. The van der Waals surface area contributed by atoms with Crippen LogP contribution in [-0.2, 0) is 6.61 Å². The molecule has 0 radical (unpaired) electrons. The quantitative estimate of drug-likeness (QED) is 0.863. The topological polar surface area (TPSA) is 29.5 Å². The van der Waals surface area contributed by atoms with Crippen molar-refractivity contribution in [1.29, 1.82) is 0 Å². The van der Waals surface area contributed by atoms with E-state index in [9.17, 15) is 4.39 Å². The van der Waals surface area contributed by atoms with E-state index >= 15 is 0 Å². The molecule has 108 valence electrons. The molecule has 0 bridgehead atoms. The zero-order valence-corrected chi connectivity index (χ0v) is 12.4. The molecule has 2 aromatic rings. The minimum absolute atomic E-state index is 0.229. The van der Waals surface area contributed by atoms with E-state index in [0.717, 1.165) is 5.56 Å². The zero-order chi connectivity index (χ0) is 15.2. The van der Waals surface area contributed by atoms with E-state index in [4.69, 9.17) is 33.0 Å². The summed E-state index contributed by atoms with van der Waals surface area (Å²) in [6, 6.07) is 9.28. The zero-order valence-electron chi connectivity index (χ0n) is 10.9. The summed E-state index contributed by atoms with van der Waals surface area (Å²) in [7, 11) is 0. The average Bonchev–Trinajstić information content (AvgIpc) is 2.46. The fourth-order valence-electron chi connectivity index (χ4n) is 1.66. The van der Waals surface area contributed by atoms with Crippen molar-refractivity contribution in [2.24, 2.45) is 0 Å². The number of hydrogen-bond donors (Lipinski definition) is 1. The van der Waals surface area contributed by atoms with Crippen molar-refractivity contribution >= 4 is 23.2 Å². The first-order valence-corrected chi connectivity index (χ1v) is 6.81. The molecule has 0 fully saturated rings. The van der Waals surface area contributed by atoms with Crippen LogP contribution < -0.4 is 4.74 Å². The van der Waals surface area contributed by atoms with Gasteiger partial charge in [-0.25, -0.2) is 4.39 Å². The summed E-state index contributed by atoms with van der Waals surface area (Å²) in [4.78, 5) is 0. The first kappa shape index (κ1) is 15.7. The highest BCUT2D eigenvalue weighted by Gasteiger charge is 2.03. The monoisotopic (exact) mass is 324 g/mol. The van der Waals surface area contributed by atoms with Gasteiger partial charge in [0.25, 0.3) is 0 Å². The lowest BCUT2D eigenvalue weighted by Crippen LogP contribution is -1.96. The predicted molar refractivity (Wildman–Crippen MR) is 81.2 cm³/mol. The van der Waals surface area contributed by atoms with Crippen LogP contribution in [0.15, 0.2) is 36.4 Å². The van der Waals surface area contributed by atoms with Crippen LogP contribution >= 0.6 is 23.2 Å². The van der Waals surface area contributed by atoms with Crippen molar-refractivity contribution in [2.75, 3.05) is 6.61 Å². The SMILES string of the molecule is OCC#Cc1cc(F)cc(OCc2ccc(Cl)c(Cl)c2)c1. The summed E-state index contributed by atoms with van der Waals surface area (Å²) >= 11 is 11.7. The second-order valence-corrected chi connectivity index (χ2v) is 4.99. The standard InChI is InChI=1S/C16H11Cl2FO2/c17-15-4-3-12(8-16(15)18)10-21-14-7-11(2-1-5-20)6-13(19)9-14/h3-4,6-9,20H,5,10H2. The van der Waals surface area contributed by atoms with Crippen molar-refractivity contribution in [1.82, 2.24) is 0 Å². The van der Waals surface area contributed by atoms with E-state index in [2.05, 4.69) is 11.8 Å². The molecule has 0 aliphatic heterocycles. The molecule has 21 heavy (non-hydrogen) atoms. The molecule has 0 atom stereocenters. The Balaban J connectivity index is 2.12. The molecule has 2 rings (SSSR count). The summed E-state index contributed by atoms with van der Waals surface area (Å²) < 4.78 is 19.0. The highest BCUT2D eigenvalue weighted by molar-refractivity contribution is 6.42. The van der Waals surface area contributed by atoms with Gasteiger partial charge in [0.2, 0.25) is 0 Å². The molecule has 0 heterocycles. The van der Waals surface area contributed by atoms with Crippen molar-refractivity contribution < 1.29 is 14.2 Å². The van der Waals surface area contributed by atoms with Crippen molar-refractivity contribution in [2.45, 2.75) is 6.61 Å². The van der Waals surface area contributed by atoms with E-state index in [-0.39, 0.29) is 13.2 Å². The third kappa shape index (κ3) is 4.64. The number of aliphatic hydroxyl groups excluding tert-OH is 1. The third-order valence-corrected chi connectivity index (χ3v) is 3.31. The normalized spacial score (nSPS) is 9.90. The summed E-state index contributed by atoms with van der Waals surface area (Å²) in [5.41, 5.74) is 1.25. The lowest BCUT2D eigenvalue weighted by molar-refractivity contribution is 0.304. The van der Waals surface area contributed by atoms with Gasteiger partial charge in [0.1, 0.15) is 24.8 Å². The molecule has 5 heteroatoms. The van der Waals surface area contributed by atoms with Crippen LogP contribution in [-0.4, -0.2) is 11.7 Å². The number of aliphatic hydroxyl groups is 1. The predicted octanol–water partition coefficient (Wildman–Crippen LogP) is 4.06. The highest BCUT2D eigenvalue weighted by atomic mass is 35.5. The minimum Gasteiger partial charge on any atom is -0.489 e. The lowest BCUT2D eigenvalue weighted by atomic mass is 10.2. The highest BCUT2D eigenvalue weighted by Crippen LogP contribution is 2.24. The lowest BCUT2D eigenvalue weighted by Gasteiger charge is -2.08. The Kier molecular flexibility index (Phi) is 5.46. The Bertz CT molecular complexity index is 705. The molecule has 0 unspecified atom stereocenters. The van der Waals surface area contributed by atoms with Crippen LogP contribution in [0.2, 0.25) is 10.0 Å². The van der Waals surface area contributed by atoms with E-state index in [1.165, 1.54) is 12.1 Å². The largest absolute Gasteiger partial charge is 0.489 e. The van der Waals surface area contributed by atoms with E-state index in [1.807, 2.05) is 0 Å². The van der Waals surface area contributed by atoms with Crippen LogP contribution in [0.4, 0.5) is 4.39 Å². The van der Waals surface area contributed by atoms with Crippen LogP contribution in [0.1, 0.15) is 11.1 Å². The number of benzene rings is 2. The molecule has 0 aliphatic carbocycles. The molecule has 2 nitrogen and oxygen atoms in total. The summed E-state index contributed by atoms with van der Waals surface area (Å²) in [6.45, 7) is -0.0524. The van der Waals surface area contributed by atoms with Gasteiger partial charge in [0, 0.05) is 11.6 Å². The number of halogens is 3. The summed E-state index contributed by atoms with van der Waals surface area (Å²) in [5, 5.41) is 9.55. The molecule has 0 aromatic heterocycles. The smallest absolute Gasteiger partial charge is 0.128 e. The second kappa shape index (κ2) is 7.33. The maximum atomic E-state index is 13.4. The molecule has 0 spiro atoms. The molecular formula is C16H11Cl2FO2. The van der Waals surface area contributed by atoms with Crippen LogP contribution in [0.25, 0.3) is 0 Å².